The summed E-state index contributed by atoms with van der Waals surface area (Å²) < 4.78 is 14.5. The van der Waals surface area contributed by atoms with E-state index in [2.05, 4.69) is 5.32 Å². The molecule has 1 N–H and O–H groups in total. The van der Waals surface area contributed by atoms with Crippen LogP contribution in [0.4, 0.5) is 4.39 Å². The molecule has 0 aliphatic heterocycles. The Morgan fingerprint density at radius 3 is 2.37 bits per heavy atom. The molecule has 0 aliphatic carbocycles. The zero-order valence-electron chi connectivity index (χ0n) is 19.8. The van der Waals surface area contributed by atoms with Crippen molar-refractivity contribution in [1.29, 1.82) is 0 Å². The molecule has 35 heavy (non-hydrogen) atoms. The quantitative estimate of drug-likeness (QED) is 0.235. The molecule has 0 aliphatic rings. The second-order valence-electron chi connectivity index (χ2n) is 8.12. The summed E-state index contributed by atoms with van der Waals surface area (Å²) in [5.74, 6) is -0.0579. The van der Waals surface area contributed by atoms with E-state index in [0.29, 0.717) is 30.0 Å². The van der Waals surface area contributed by atoms with Crippen molar-refractivity contribution in [3.05, 3.63) is 101 Å². The van der Waals surface area contributed by atoms with Crippen molar-refractivity contribution in [3.63, 3.8) is 0 Å². The molecule has 0 saturated heterocycles. The van der Waals surface area contributed by atoms with E-state index < -0.39 is 11.9 Å². The minimum absolute atomic E-state index is 0.0322. The van der Waals surface area contributed by atoms with Crippen molar-refractivity contribution >= 4 is 35.2 Å². The fourth-order valence-corrected chi connectivity index (χ4v) is 4.72. The molecule has 0 unspecified atom stereocenters. The molecular formula is C28H30ClFN2O2S. The van der Waals surface area contributed by atoms with Crippen molar-refractivity contribution in [3.8, 4) is 0 Å². The van der Waals surface area contributed by atoms with E-state index in [0.717, 1.165) is 16.2 Å². The third-order valence-electron chi connectivity index (χ3n) is 5.54. The number of benzene rings is 3. The van der Waals surface area contributed by atoms with Gasteiger partial charge in [0.1, 0.15) is 11.9 Å². The monoisotopic (exact) mass is 512 g/mol. The Morgan fingerprint density at radius 1 is 1.00 bits per heavy atom. The predicted octanol–water partition coefficient (Wildman–Crippen LogP) is 6.13. The normalized spacial score (nSPS) is 11.6. The standard InChI is InChI=1S/C28H30ClFN2O2S/c1-2-31-28(34)26(19-21-9-4-3-5-10-21)32(20-22-11-6-7-12-25(22)30)27(33)13-8-18-35-24-16-14-23(29)15-17-24/h3-7,9-12,14-17,26H,2,8,13,18-20H2,1H3,(H,31,34)/t26-/m1/s1. The lowest BCUT2D eigenvalue weighted by atomic mass is 10.0. The van der Waals surface area contributed by atoms with Crippen LogP contribution < -0.4 is 5.32 Å². The van der Waals surface area contributed by atoms with Crippen molar-refractivity contribution in [2.75, 3.05) is 12.3 Å². The van der Waals surface area contributed by atoms with E-state index in [-0.39, 0.29) is 24.8 Å². The van der Waals surface area contributed by atoms with Crippen LogP contribution >= 0.6 is 23.4 Å². The van der Waals surface area contributed by atoms with Gasteiger partial charge >= 0.3 is 0 Å². The van der Waals surface area contributed by atoms with E-state index in [1.54, 1.807) is 30.0 Å². The number of carbonyl (C=O) groups is 2. The van der Waals surface area contributed by atoms with Crippen molar-refractivity contribution in [1.82, 2.24) is 10.2 Å². The summed E-state index contributed by atoms with van der Waals surface area (Å²) in [7, 11) is 0. The van der Waals surface area contributed by atoms with Gasteiger partial charge in [-0.25, -0.2) is 4.39 Å². The highest BCUT2D eigenvalue weighted by molar-refractivity contribution is 7.99. The number of carbonyl (C=O) groups excluding carboxylic acids is 2. The zero-order valence-corrected chi connectivity index (χ0v) is 21.3. The van der Waals surface area contributed by atoms with E-state index in [1.165, 1.54) is 11.0 Å². The molecule has 4 nitrogen and oxygen atoms in total. The Balaban J connectivity index is 1.77. The topological polar surface area (TPSA) is 49.4 Å². The molecule has 1 atom stereocenters. The van der Waals surface area contributed by atoms with Gasteiger partial charge in [0.25, 0.3) is 0 Å². The third kappa shape index (κ3) is 8.41. The first-order valence-corrected chi connectivity index (χ1v) is 13.1. The largest absolute Gasteiger partial charge is 0.355 e. The number of rotatable bonds is 12. The highest BCUT2D eigenvalue weighted by atomic mass is 35.5. The Hall–Kier alpha value is -2.83. The Morgan fingerprint density at radius 2 is 1.69 bits per heavy atom. The lowest BCUT2D eigenvalue weighted by Gasteiger charge is -2.31. The molecule has 184 valence electrons. The molecule has 2 amide bonds. The van der Waals surface area contributed by atoms with Crippen LogP contribution in [0.25, 0.3) is 0 Å². The summed E-state index contributed by atoms with van der Waals surface area (Å²) >= 11 is 7.59. The van der Waals surface area contributed by atoms with Crippen molar-refractivity contribution < 1.29 is 14.0 Å². The summed E-state index contributed by atoms with van der Waals surface area (Å²) in [6, 6.07) is 22.8. The summed E-state index contributed by atoms with van der Waals surface area (Å²) in [5.41, 5.74) is 1.33. The predicted molar refractivity (Wildman–Crippen MR) is 141 cm³/mol. The zero-order chi connectivity index (χ0) is 25.0. The number of hydrogen-bond acceptors (Lipinski definition) is 3. The van der Waals surface area contributed by atoms with Gasteiger partial charge in [-0.1, -0.05) is 60.1 Å². The maximum absolute atomic E-state index is 14.5. The highest BCUT2D eigenvalue weighted by Gasteiger charge is 2.30. The van der Waals surface area contributed by atoms with E-state index >= 15 is 0 Å². The van der Waals surface area contributed by atoms with Crippen LogP contribution in [-0.2, 0) is 22.6 Å². The number of nitrogens with zero attached hydrogens (tertiary/aromatic N) is 1. The van der Waals surface area contributed by atoms with Gasteiger partial charge < -0.3 is 10.2 Å². The Labute approximate surface area is 215 Å². The van der Waals surface area contributed by atoms with Crippen LogP contribution in [-0.4, -0.2) is 35.1 Å². The molecule has 0 saturated carbocycles. The minimum Gasteiger partial charge on any atom is -0.355 e. The summed E-state index contributed by atoms with van der Waals surface area (Å²) in [4.78, 5) is 29.2. The van der Waals surface area contributed by atoms with Crippen LogP contribution in [0.1, 0.15) is 30.9 Å². The molecule has 0 heterocycles. The third-order valence-corrected chi connectivity index (χ3v) is 6.89. The molecule has 0 fully saturated rings. The van der Waals surface area contributed by atoms with Crippen LogP contribution in [0.3, 0.4) is 0 Å². The number of hydrogen-bond donors (Lipinski definition) is 1. The number of likely N-dealkylation sites (N-methyl/N-ethyl adjacent to an activating group) is 1. The van der Waals surface area contributed by atoms with E-state index in [9.17, 15) is 14.0 Å². The van der Waals surface area contributed by atoms with Gasteiger partial charge in [-0.05, 0) is 55.0 Å². The average Bonchev–Trinajstić information content (AvgIpc) is 2.86. The van der Waals surface area contributed by atoms with Gasteiger partial charge in [-0.15, -0.1) is 11.8 Å². The van der Waals surface area contributed by atoms with E-state index in [4.69, 9.17) is 11.6 Å². The lowest BCUT2D eigenvalue weighted by molar-refractivity contribution is -0.141. The molecule has 3 aromatic rings. The lowest BCUT2D eigenvalue weighted by Crippen LogP contribution is -2.50. The van der Waals surface area contributed by atoms with Crippen LogP contribution in [0.15, 0.2) is 83.8 Å². The van der Waals surface area contributed by atoms with Gasteiger partial charge in [-0.3, -0.25) is 9.59 Å². The number of amides is 2. The van der Waals surface area contributed by atoms with Gasteiger partial charge in [0.05, 0.1) is 0 Å². The molecule has 7 heteroatoms. The SMILES string of the molecule is CCNC(=O)[C@@H](Cc1ccccc1)N(Cc1ccccc1F)C(=O)CCCSc1ccc(Cl)cc1. The molecule has 0 bridgehead atoms. The van der Waals surface area contributed by atoms with Crippen LogP contribution in [0, 0.1) is 5.82 Å². The summed E-state index contributed by atoms with van der Waals surface area (Å²) in [6.45, 7) is 2.32. The van der Waals surface area contributed by atoms with Gasteiger partial charge in [0, 0.05) is 41.4 Å². The molecular weight excluding hydrogens is 483 g/mol. The first-order chi connectivity index (χ1) is 17.0. The van der Waals surface area contributed by atoms with Crippen LogP contribution in [0.2, 0.25) is 5.02 Å². The van der Waals surface area contributed by atoms with Crippen molar-refractivity contribution in [2.24, 2.45) is 0 Å². The molecule has 0 radical (unpaired) electrons. The smallest absolute Gasteiger partial charge is 0.243 e. The Kier molecular flexibility index (Phi) is 10.6. The fourth-order valence-electron chi connectivity index (χ4n) is 3.74. The van der Waals surface area contributed by atoms with Gasteiger partial charge in [0.2, 0.25) is 11.8 Å². The van der Waals surface area contributed by atoms with Gasteiger partial charge in [0.15, 0.2) is 0 Å². The van der Waals surface area contributed by atoms with Crippen molar-refractivity contribution in [2.45, 2.75) is 43.7 Å². The molecule has 0 spiro atoms. The fraction of sp³-hybridized carbons (Fsp3) is 0.286. The highest BCUT2D eigenvalue weighted by Crippen LogP contribution is 2.23. The maximum Gasteiger partial charge on any atom is 0.243 e. The maximum atomic E-state index is 14.5. The Bertz CT molecular complexity index is 1100. The summed E-state index contributed by atoms with van der Waals surface area (Å²) in [5, 5.41) is 3.54. The number of halogens is 2. The number of thioether (sulfide) groups is 1. The summed E-state index contributed by atoms with van der Waals surface area (Å²) in [6.07, 6.45) is 1.25. The second-order valence-corrected chi connectivity index (χ2v) is 9.72. The average molecular weight is 513 g/mol. The van der Waals surface area contributed by atoms with Crippen LogP contribution in [0.5, 0.6) is 0 Å². The van der Waals surface area contributed by atoms with E-state index in [1.807, 2.05) is 61.5 Å². The van der Waals surface area contributed by atoms with Gasteiger partial charge in [-0.2, -0.15) is 0 Å². The first-order valence-electron chi connectivity index (χ1n) is 11.7. The molecule has 3 rings (SSSR count). The second kappa shape index (κ2) is 13.9. The first kappa shape index (κ1) is 26.8. The molecule has 0 aromatic heterocycles. The minimum atomic E-state index is -0.742. The molecule has 3 aromatic carbocycles. The number of nitrogens with one attached hydrogen (secondary N) is 1.